The molecule has 2 N–H and O–H groups in total. The molecule has 1 rings (SSSR count). The van der Waals surface area contributed by atoms with Crippen LogP contribution in [0.2, 0.25) is 0 Å². The van der Waals surface area contributed by atoms with E-state index in [1.807, 2.05) is 0 Å². The van der Waals surface area contributed by atoms with Crippen molar-refractivity contribution in [2.75, 3.05) is 33.4 Å². The first-order valence-corrected chi connectivity index (χ1v) is 4.21. The quantitative estimate of drug-likeness (QED) is 0.631. The third-order valence-electron chi connectivity index (χ3n) is 2.26. The maximum absolute atomic E-state index is 6.07. The Morgan fingerprint density at radius 3 is 2.82 bits per heavy atom. The van der Waals surface area contributed by atoms with Crippen LogP contribution in [-0.2, 0) is 4.74 Å². The normalized spacial score (nSPS) is 31.6. The minimum atomic E-state index is -0.0786. The van der Waals surface area contributed by atoms with Gasteiger partial charge in [-0.15, -0.1) is 0 Å². The summed E-state index contributed by atoms with van der Waals surface area (Å²) in [6.45, 7) is 5.69. The number of likely N-dealkylation sites (N-methyl/N-ethyl adjacent to an activating group) is 1. The molecule has 0 aromatic carbocycles. The third-order valence-corrected chi connectivity index (χ3v) is 2.26. The summed E-state index contributed by atoms with van der Waals surface area (Å²) < 4.78 is 5.25. The molecule has 1 saturated heterocycles. The van der Waals surface area contributed by atoms with Gasteiger partial charge >= 0.3 is 0 Å². The third kappa shape index (κ3) is 2.43. The first-order chi connectivity index (χ1) is 5.16. The highest BCUT2D eigenvalue weighted by molar-refractivity contribution is 4.90. The Balaban J connectivity index is 2.33. The van der Waals surface area contributed by atoms with Gasteiger partial charge in [0, 0.05) is 13.2 Å². The number of hydrogen-bond acceptors (Lipinski definition) is 3. The van der Waals surface area contributed by atoms with Gasteiger partial charge in [0.2, 0.25) is 0 Å². The first kappa shape index (κ1) is 8.97. The largest absolute Gasteiger partial charge is 0.379 e. The van der Waals surface area contributed by atoms with Crippen molar-refractivity contribution in [2.45, 2.75) is 18.9 Å². The van der Waals surface area contributed by atoms with Gasteiger partial charge in [-0.25, -0.2) is 0 Å². The zero-order valence-corrected chi connectivity index (χ0v) is 7.47. The van der Waals surface area contributed by atoms with Gasteiger partial charge in [-0.05, 0) is 20.0 Å². The summed E-state index contributed by atoms with van der Waals surface area (Å²) in [5, 5.41) is 0. The lowest BCUT2D eigenvalue weighted by molar-refractivity contribution is 0.163. The molecule has 0 aromatic rings. The lowest BCUT2D eigenvalue weighted by atomic mass is 10.00. The van der Waals surface area contributed by atoms with Crippen molar-refractivity contribution in [3.8, 4) is 0 Å². The van der Waals surface area contributed by atoms with Gasteiger partial charge in [0.25, 0.3) is 0 Å². The van der Waals surface area contributed by atoms with Crippen LogP contribution in [0.5, 0.6) is 0 Å². The molecule has 0 bridgehead atoms. The number of hydrogen-bond donors (Lipinski definition) is 1. The lowest BCUT2D eigenvalue weighted by Gasteiger charge is -2.27. The molecule has 0 saturated carbocycles. The minimum Gasteiger partial charge on any atom is -0.379 e. The SMILES string of the molecule is CCN(C)CC1(N)CCOC1. The van der Waals surface area contributed by atoms with E-state index in [4.69, 9.17) is 10.5 Å². The van der Waals surface area contributed by atoms with E-state index >= 15 is 0 Å². The van der Waals surface area contributed by atoms with Crippen molar-refractivity contribution in [3.05, 3.63) is 0 Å². The van der Waals surface area contributed by atoms with Crippen LogP contribution in [0.3, 0.4) is 0 Å². The van der Waals surface area contributed by atoms with Crippen LogP contribution in [-0.4, -0.2) is 43.8 Å². The molecule has 11 heavy (non-hydrogen) atoms. The Labute approximate surface area is 68.5 Å². The standard InChI is InChI=1S/C8H18N2O/c1-3-10(2)6-8(9)4-5-11-7-8/h3-7,9H2,1-2H3. The highest BCUT2D eigenvalue weighted by atomic mass is 16.5. The molecule has 0 aromatic heterocycles. The molecule has 1 heterocycles. The van der Waals surface area contributed by atoms with Crippen LogP contribution < -0.4 is 5.73 Å². The van der Waals surface area contributed by atoms with Gasteiger partial charge in [0.15, 0.2) is 0 Å². The maximum Gasteiger partial charge on any atom is 0.0659 e. The number of nitrogens with zero attached hydrogens (tertiary/aromatic N) is 1. The molecule has 1 aliphatic rings. The van der Waals surface area contributed by atoms with E-state index in [1.165, 1.54) is 0 Å². The van der Waals surface area contributed by atoms with Crippen molar-refractivity contribution < 1.29 is 4.74 Å². The minimum absolute atomic E-state index is 0.0786. The summed E-state index contributed by atoms with van der Waals surface area (Å²) >= 11 is 0. The van der Waals surface area contributed by atoms with Crippen LogP contribution in [0, 0.1) is 0 Å². The fourth-order valence-electron chi connectivity index (χ4n) is 1.40. The van der Waals surface area contributed by atoms with Crippen LogP contribution in [0.4, 0.5) is 0 Å². The van der Waals surface area contributed by atoms with E-state index in [0.717, 1.165) is 32.7 Å². The number of rotatable bonds is 3. The molecule has 1 unspecified atom stereocenters. The Morgan fingerprint density at radius 1 is 1.64 bits per heavy atom. The van der Waals surface area contributed by atoms with Crippen molar-refractivity contribution >= 4 is 0 Å². The molecule has 0 amide bonds. The van der Waals surface area contributed by atoms with Crippen LogP contribution in [0.15, 0.2) is 0 Å². The maximum atomic E-state index is 6.07. The summed E-state index contributed by atoms with van der Waals surface area (Å²) in [5.74, 6) is 0. The van der Waals surface area contributed by atoms with Crippen LogP contribution in [0.1, 0.15) is 13.3 Å². The zero-order valence-electron chi connectivity index (χ0n) is 7.47. The first-order valence-electron chi connectivity index (χ1n) is 4.21. The van der Waals surface area contributed by atoms with Gasteiger partial charge in [0.1, 0.15) is 0 Å². The number of ether oxygens (including phenoxy) is 1. The second kappa shape index (κ2) is 3.52. The molecule has 3 heteroatoms. The van der Waals surface area contributed by atoms with E-state index in [2.05, 4.69) is 18.9 Å². The van der Waals surface area contributed by atoms with Gasteiger partial charge in [0.05, 0.1) is 12.1 Å². The second-order valence-electron chi connectivity index (χ2n) is 3.50. The fraction of sp³-hybridized carbons (Fsp3) is 1.00. The summed E-state index contributed by atoms with van der Waals surface area (Å²) in [6.07, 6.45) is 0.997. The molecule has 0 radical (unpaired) electrons. The molecular formula is C8H18N2O. The molecule has 3 nitrogen and oxygen atoms in total. The molecule has 1 atom stereocenters. The summed E-state index contributed by atoms with van der Waals surface area (Å²) in [6, 6.07) is 0. The van der Waals surface area contributed by atoms with Crippen molar-refractivity contribution in [2.24, 2.45) is 5.73 Å². The van der Waals surface area contributed by atoms with E-state index in [0.29, 0.717) is 0 Å². The average molecular weight is 158 g/mol. The Morgan fingerprint density at radius 2 is 2.36 bits per heavy atom. The Kier molecular flexibility index (Phi) is 2.87. The van der Waals surface area contributed by atoms with E-state index in [1.54, 1.807) is 0 Å². The fourth-order valence-corrected chi connectivity index (χ4v) is 1.40. The molecule has 0 aliphatic carbocycles. The predicted molar refractivity (Wildman–Crippen MR) is 45.5 cm³/mol. The van der Waals surface area contributed by atoms with Gasteiger partial charge in [-0.2, -0.15) is 0 Å². The molecule has 0 spiro atoms. The molecule has 1 aliphatic heterocycles. The highest BCUT2D eigenvalue weighted by Crippen LogP contribution is 2.15. The van der Waals surface area contributed by atoms with E-state index < -0.39 is 0 Å². The van der Waals surface area contributed by atoms with Crippen molar-refractivity contribution in [1.29, 1.82) is 0 Å². The predicted octanol–water partition coefficient (Wildman–Crippen LogP) is 0.0559. The number of nitrogens with two attached hydrogens (primary N) is 1. The van der Waals surface area contributed by atoms with Crippen molar-refractivity contribution in [1.82, 2.24) is 4.90 Å². The summed E-state index contributed by atoms with van der Waals surface area (Å²) in [7, 11) is 2.09. The van der Waals surface area contributed by atoms with Gasteiger partial charge in [-0.1, -0.05) is 6.92 Å². The van der Waals surface area contributed by atoms with E-state index in [-0.39, 0.29) is 5.54 Å². The Bertz CT molecular complexity index is 121. The average Bonchev–Trinajstić information content (AvgIpc) is 2.36. The smallest absolute Gasteiger partial charge is 0.0659 e. The van der Waals surface area contributed by atoms with E-state index in [9.17, 15) is 0 Å². The zero-order chi connectivity index (χ0) is 8.32. The lowest BCUT2D eigenvalue weighted by Crippen LogP contribution is -2.49. The highest BCUT2D eigenvalue weighted by Gasteiger charge is 2.30. The van der Waals surface area contributed by atoms with Crippen LogP contribution in [0.25, 0.3) is 0 Å². The summed E-state index contributed by atoms with van der Waals surface area (Å²) in [4.78, 5) is 2.23. The van der Waals surface area contributed by atoms with Gasteiger partial charge in [-0.3, -0.25) is 0 Å². The molecule has 1 fully saturated rings. The second-order valence-corrected chi connectivity index (χ2v) is 3.50. The van der Waals surface area contributed by atoms with Crippen LogP contribution >= 0.6 is 0 Å². The molecule has 66 valence electrons. The van der Waals surface area contributed by atoms with Crippen molar-refractivity contribution in [3.63, 3.8) is 0 Å². The monoisotopic (exact) mass is 158 g/mol. The van der Waals surface area contributed by atoms with Gasteiger partial charge < -0.3 is 15.4 Å². The topological polar surface area (TPSA) is 38.5 Å². The summed E-state index contributed by atoms with van der Waals surface area (Å²) in [5.41, 5.74) is 5.99. The molecular weight excluding hydrogens is 140 g/mol. The Hall–Kier alpha value is -0.120.